The molecule has 172 valence electrons. The average Bonchev–Trinajstić information content (AvgIpc) is 2.77. The Kier molecular flexibility index (Phi) is 7.72. The topological polar surface area (TPSA) is 92.7 Å². The van der Waals surface area contributed by atoms with Gasteiger partial charge in [0.2, 0.25) is 5.23 Å². The monoisotopic (exact) mass is 505 g/mol. The summed E-state index contributed by atoms with van der Waals surface area (Å²) >= 11 is 12.9. The molecule has 1 amide bonds. The Labute approximate surface area is 202 Å². The van der Waals surface area contributed by atoms with E-state index in [0.717, 1.165) is 17.4 Å². The Balaban J connectivity index is 1.81. The van der Waals surface area contributed by atoms with Gasteiger partial charge in [-0.05, 0) is 47.9 Å². The number of rotatable bonds is 7. The van der Waals surface area contributed by atoms with E-state index in [1.165, 1.54) is 24.3 Å². The van der Waals surface area contributed by atoms with Crippen molar-refractivity contribution >= 4 is 44.0 Å². The molecule has 0 heterocycles. The van der Waals surface area contributed by atoms with Gasteiger partial charge in [-0.25, -0.2) is 9.00 Å². The van der Waals surface area contributed by atoms with Crippen molar-refractivity contribution in [2.45, 2.75) is 19.4 Å². The van der Waals surface area contributed by atoms with Crippen molar-refractivity contribution in [3.63, 3.8) is 0 Å². The number of carbonyl (C=O) groups is 1. The van der Waals surface area contributed by atoms with E-state index in [1.807, 2.05) is 36.4 Å². The fraction of sp³-hybridized carbons (Fsp3) is 0.167. The van der Waals surface area contributed by atoms with E-state index in [2.05, 4.69) is 4.72 Å². The standard InChI is InChI=1S/C24H21Cl2NO5S/c1-15(24(30)27-33(2,31)14-28)32-18-12-21(25)20(22(26)13-18)11-16-8-9-23(29)19(10-16)17-6-4-3-5-7-17/h3-10,12-13,15,29H,11H2,1-2H3,(H,27,30,31)/t15-,33?/m0/s1. The number of phenols is 1. The second kappa shape index (κ2) is 10.3. The highest BCUT2D eigenvalue weighted by Gasteiger charge is 2.19. The molecule has 0 bridgehead atoms. The highest BCUT2D eigenvalue weighted by Crippen LogP contribution is 2.35. The van der Waals surface area contributed by atoms with E-state index in [9.17, 15) is 18.9 Å². The SMILES string of the molecule is C[C@H](Oc1cc(Cl)c(Cc2ccc(O)c(-c3ccccc3)c2)c(Cl)c1)C(=O)NS(C)(=O)=C=O. The molecule has 2 N–H and O–H groups in total. The van der Waals surface area contributed by atoms with Gasteiger partial charge in [-0.3, -0.25) is 9.52 Å². The van der Waals surface area contributed by atoms with Gasteiger partial charge in [0.1, 0.15) is 21.2 Å². The van der Waals surface area contributed by atoms with Crippen LogP contribution in [0.4, 0.5) is 0 Å². The zero-order valence-electron chi connectivity index (χ0n) is 17.8. The summed E-state index contributed by atoms with van der Waals surface area (Å²) < 4.78 is 19.3. The fourth-order valence-corrected chi connectivity index (χ4v) is 4.31. The Bertz CT molecular complexity index is 1310. The number of carbonyl (C=O) groups excluding carboxylic acids is 2. The minimum absolute atomic E-state index is 0.168. The quantitative estimate of drug-likeness (QED) is 0.452. The summed E-state index contributed by atoms with van der Waals surface area (Å²) in [7, 11) is -3.25. The van der Waals surface area contributed by atoms with E-state index in [-0.39, 0.29) is 11.5 Å². The Hall–Kier alpha value is -2.96. The minimum atomic E-state index is -3.25. The van der Waals surface area contributed by atoms with Crippen molar-refractivity contribution in [2.24, 2.45) is 0 Å². The number of benzene rings is 3. The van der Waals surface area contributed by atoms with Crippen molar-refractivity contribution < 1.29 is 23.6 Å². The van der Waals surface area contributed by atoms with Gasteiger partial charge in [-0.2, -0.15) is 0 Å². The number of nitrogens with one attached hydrogen (secondary N) is 1. The number of phenolic OH excluding ortho intramolecular Hbond substituents is 1. The van der Waals surface area contributed by atoms with Crippen LogP contribution in [-0.4, -0.2) is 32.8 Å². The van der Waals surface area contributed by atoms with Crippen LogP contribution < -0.4 is 9.46 Å². The molecule has 0 radical (unpaired) electrons. The second-order valence-electron chi connectivity index (χ2n) is 7.41. The first kappa shape index (κ1) is 24.7. The van der Waals surface area contributed by atoms with E-state index in [4.69, 9.17) is 27.9 Å². The lowest BCUT2D eigenvalue weighted by molar-refractivity contribution is -0.125. The molecule has 3 rings (SSSR count). The molecule has 6 nitrogen and oxygen atoms in total. The molecule has 0 aliphatic carbocycles. The summed E-state index contributed by atoms with van der Waals surface area (Å²) in [5.74, 6) is -0.328. The summed E-state index contributed by atoms with van der Waals surface area (Å²) in [4.78, 5) is 22.7. The van der Waals surface area contributed by atoms with E-state index in [1.54, 1.807) is 12.1 Å². The smallest absolute Gasteiger partial charge is 0.272 e. The molecule has 0 aliphatic rings. The van der Waals surface area contributed by atoms with Crippen LogP contribution in [0.25, 0.3) is 11.1 Å². The zero-order chi connectivity index (χ0) is 24.2. The summed E-state index contributed by atoms with van der Waals surface area (Å²) in [6.45, 7) is 1.44. The maximum Gasteiger partial charge on any atom is 0.272 e. The summed E-state index contributed by atoms with van der Waals surface area (Å²) in [6, 6.07) is 17.9. The third-order valence-corrected chi connectivity index (χ3v) is 6.36. The highest BCUT2D eigenvalue weighted by atomic mass is 35.5. The molecular weight excluding hydrogens is 485 g/mol. The van der Waals surface area contributed by atoms with Crippen LogP contribution in [0.15, 0.2) is 60.7 Å². The lowest BCUT2D eigenvalue weighted by atomic mass is 9.98. The van der Waals surface area contributed by atoms with Crippen LogP contribution in [0.3, 0.4) is 0 Å². The van der Waals surface area contributed by atoms with Crippen LogP contribution >= 0.6 is 23.2 Å². The normalized spacial score (nSPS) is 13.5. The van der Waals surface area contributed by atoms with Crippen LogP contribution in [0, 0.1) is 0 Å². The highest BCUT2D eigenvalue weighted by molar-refractivity contribution is 7.98. The molecule has 0 spiro atoms. The largest absolute Gasteiger partial charge is 0.507 e. The molecule has 2 atom stereocenters. The maximum atomic E-state index is 12.1. The minimum Gasteiger partial charge on any atom is -0.507 e. The van der Waals surface area contributed by atoms with Crippen molar-refractivity contribution in [2.75, 3.05) is 6.26 Å². The fourth-order valence-electron chi connectivity index (χ4n) is 3.12. The van der Waals surface area contributed by atoms with Gasteiger partial charge in [0.05, 0.1) is 0 Å². The summed E-state index contributed by atoms with van der Waals surface area (Å²) in [5.41, 5.74) is 3.12. The van der Waals surface area contributed by atoms with Crippen molar-refractivity contribution in [3.8, 4) is 22.6 Å². The number of hydrogen-bond donors (Lipinski definition) is 2. The number of aromatic hydroxyl groups is 1. The molecule has 3 aromatic carbocycles. The van der Waals surface area contributed by atoms with Gasteiger partial charge in [0, 0.05) is 28.3 Å². The van der Waals surface area contributed by atoms with Crippen LogP contribution in [0.2, 0.25) is 10.0 Å². The van der Waals surface area contributed by atoms with Crippen molar-refractivity contribution in [3.05, 3.63) is 81.8 Å². The van der Waals surface area contributed by atoms with Crippen LogP contribution in [-0.2, 0) is 25.7 Å². The van der Waals surface area contributed by atoms with Crippen LogP contribution in [0.5, 0.6) is 11.5 Å². The van der Waals surface area contributed by atoms with Gasteiger partial charge in [0.15, 0.2) is 6.10 Å². The van der Waals surface area contributed by atoms with Crippen molar-refractivity contribution in [1.82, 2.24) is 4.72 Å². The number of hydrogen-bond acceptors (Lipinski definition) is 5. The van der Waals surface area contributed by atoms with Gasteiger partial charge < -0.3 is 9.84 Å². The predicted octanol–water partition coefficient (Wildman–Crippen LogP) is 4.74. The Morgan fingerprint density at radius 3 is 2.36 bits per heavy atom. The van der Waals surface area contributed by atoms with Crippen molar-refractivity contribution in [1.29, 1.82) is 0 Å². The first-order chi connectivity index (χ1) is 15.6. The number of ether oxygens (including phenoxy) is 1. The second-order valence-corrected chi connectivity index (χ2v) is 10.3. The third-order valence-electron chi connectivity index (χ3n) is 4.78. The lowest BCUT2D eigenvalue weighted by Crippen LogP contribution is -2.39. The van der Waals surface area contributed by atoms with E-state index < -0.39 is 21.7 Å². The van der Waals surface area contributed by atoms with E-state index >= 15 is 0 Å². The summed E-state index contributed by atoms with van der Waals surface area (Å²) in [6.07, 6.45) is 0.420. The van der Waals surface area contributed by atoms with Gasteiger partial charge >= 0.3 is 0 Å². The molecule has 3 aromatic rings. The predicted molar refractivity (Wildman–Crippen MR) is 131 cm³/mol. The Morgan fingerprint density at radius 1 is 1.12 bits per heavy atom. The maximum absolute atomic E-state index is 12.1. The molecule has 33 heavy (non-hydrogen) atoms. The van der Waals surface area contributed by atoms with Gasteiger partial charge in [-0.15, -0.1) is 0 Å². The molecule has 9 heteroatoms. The zero-order valence-corrected chi connectivity index (χ0v) is 20.1. The molecule has 0 aromatic heterocycles. The van der Waals surface area contributed by atoms with Gasteiger partial charge in [0.25, 0.3) is 5.91 Å². The molecule has 0 fully saturated rings. The number of amides is 1. The molecule has 1 unspecified atom stereocenters. The summed E-state index contributed by atoms with van der Waals surface area (Å²) in [5, 5.41) is 12.2. The third kappa shape index (κ3) is 6.30. The first-order valence-corrected chi connectivity index (χ1v) is 12.5. The molecular formula is C24H21Cl2NO5S. The molecule has 0 saturated carbocycles. The average molecular weight is 506 g/mol. The molecule has 0 aliphatic heterocycles. The lowest BCUT2D eigenvalue weighted by Gasteiger charge is -2.17. The van der Waals surface area contributed by atoms with Gasteiger partial charge in [-0.1, -0.05) is 59.6 Å². The van der Waals surface area contributed by atoms with E-state index in [0.29, 0.717) is 27.6 Å². The first-order valence-electron chi connectivity index (χ1n) is 9.81. The van der Waals surface area contributed by atoms with Crippen LogP contribution in [0.1, 0.15) is 18.1 Å². The Morgan fingerprint density at radius 2 is 1.76 bits per heavy atom. The number of halogens is 2. The molecule has 0 saturated heterocycles.